The third-order valence-corrected chi connectivity index (χ3v) is 2.65. The Morgan fingerprint density at radius 3 is 2.79 bits per heavy atom. The second kappa shape index (κ2) is 3.76. The van der Waals surface area contributed by atoms with Crippen molar-refractivity contribution < 1.29 is 0 Å². The predicted molar refractivity (Wildman–Crippen MR) is 61.0 cm³/mol. The second-order valence-electron chi connectivity index (χ2n) is 3.26. The van der Waals surface area contributed by atoms with Gasteiger partial charge in [0.15, 0.2) is 0 Å². The molecular weight excluding hydrogens is 217 g/mol. The summed E-state index contributed by atoms with van der Waals surface area (Å²) >= 11 is 11.7. The number of nitrogens with zero attached hydrogens (tertiary/aromatic N) is 1. The summed E-state index contributed by atoms with van der Waals surface area (Å²) < 4.78 is 0. The molecule has 14 heavy (non-hydrogen) atoms. The van der Waals surface area contributed by atoms with Crippen molar-refractivity contribution in [2.24, 2.45) is 0 Å². The Bertz CT molecular complexity index is 475. The Hall–Kier alpha value is -0.790. The fraction of sp³-hybridized carbons (Fsp3) is 0.182. The number of hydrogen-bond donors (Lipinski definition) is 0. The molecule has 1 heterocycles. The first-order valence-electron chi connectivity index (χ1n) is 4.32. The van der Waals surface area contributed by atoms with Gasteiger partial charge in [0.05, 0.1) is 5.52 Å². The SMILES string of the molecule is Cc1ccc2c(CCl)cc(Cl)nc2c1. The molecule has 0 aliphatic heterocycles. The van der Waals surface area contributed by atoms with E-state index in [-0.39, 0.29) is 0 Å². The number of halogens is 2. The zero-order valence-electron chi connectivity index (χ0n) is 7.72. The minimum absolute atomic E-state index is 0.460. The number of fused-ring (bicyclic) bond motifs is 1. The van der Waals surface area contributed by atoms with Crippen LogP contribution in [0.15, 0.2) is 24.3 Å². The maximum atomic E-state index is 5.89. The lowest BCUT2D eigenvalue weighted by atomic mass is 10.1. The summed E-state index contributed by atoms with van der Waals surface area (Å²) in [6.07, 6.45) is 0. The summed E-state index contributed by atoms with van der Waals surface area (Å²) in [5, 5.41) is 1.58. The molecule has 0 aliphatic rings. The summed E-state index contributed by atoms with van der Waals surface area (Å²) in [5.41, 5.74) is 3.11. The van der Waals surface area contributed by atoms with Crippen LogP contribution in [0.25, 0.3) is 10.9 Å². The molecule has 1 aromatic carbocycles. The molecule has 0 unspecified atom stereocenters. The summed E-state index contributed by atoms with van der Waals surface area (Å²) in [5.74, 6) is 0.460. The van der Waals surface area contributed by atoms with Crippen LogP contribution in [-0.2, 0) is 5.88 Å². The standard InChI is InChI=1S/C11H9Cl2N/c1-7-2-3-9-8(6-12)5-11(13)14-10(9)4-7/h2-5H,6H2,1H3. The summed E-state index contributed by atoms with van der Waals surface area (Å²) in [4.78, 5) is 4.25. The molecule has 1 aromatic heterocycles. The van der Waals surface area contributed by atoms with Crippen LogP contribution in [0.2, 0.25) is 5.15 Å². The van der Waals surface area contributed by atoms with Gasteiger partial charge in [-0.15, -0.1) is 11.6 Å². The molecule has 0 atom stereocenters. The van der Waals surface area contributed by atoms with Crippen LogP contribution in [0.4, 0.5) is 0 Å². The monoisotopic (exact) mass is 225 g/mol. The Balaban J connectivity index is 2.81. The van der Waals surface area contributed by atoms with Gasteiger partial charge in [-0.05, 0) is 30.2 Å². The molecule has 0 fully saturated rings. The van der Waals surface area contributed by atoms with Gasteiger partial charge in [0.25, 0.3) is 0 Å². The number of pyridine rings is 1. The highest BCUT2D eigenvalue weighted by molar-refractivity contribution is 6.30. The third kappa shape index (κ3) is 1.70. The van der Waals surface area contributed by atoms with E-state index in [9.17, 15) is 0 Å². The van der Waals surface area contributed by atoms with Gasteiger partial charge < -0.3 is 0 Å². The van der Waals surface area contributed by atoms with Gasteiger partial charge in [0, 0.05) is 11.3 Å². The van der Waals surface area contributed by atoms with Gasteiger partial charge in [-0.1, -0.05) is 23.7 Å². The first-order valence-corrected chi connectivity index (χ1v) is 5.23. The Morgan fingerprint density at radius 2 is 2.07 bits per heavy atom. The van der Waals surface area contributed by atoms with Gasteiger partial charge in [-0.2, -0.15) is 0 Å². The van der Waals surface area contributed by atoms with Crippen LogP contribution in [0.5, 0.6) is 0 Å². The van der Waals surface area contributed by atoms with Crippen LogP contribution in [0.1, 0.15) is 11.1 Å². The Morgan fingerprint density at radius 1 is 1.29 bits per heavy atom. The zero-order valence-corrected chi connectivity index (χ0v) is 9.23. The second-order valence-corrected chi connectivity index (χ2v) is 3.91. The van der Waals surface area contributed by atoms with Crippen molar-refractivity contribution in [3.05, 3.63) is 40.5 Å². The van der Waals surface area contributed by atoms with Crippen molar-refractivity contribution in [1.82, 2.24) is 4.98 Å². The van der Waals surface area contributed by atoms with E-state index in [0.717, 1.165) is 16.5 Å². The highest BCUT2D eigenvalue weighted by Gasteiger charge is 2.03. The number of rotatable bonds is 1. The van der Waals surface area contributed by atoms with Crippen LogP contribution < -0.4 is 0 Å². The molecule has 72 valence electrons. The number of hydrogen-bond acceptors (Lipinski definition) is 1. The number of aromatic nitrogens is 1. The molecule has 2 aromatic rings. The van der Waals surface area contributed by atoms with Crippen molar-refractivity contribution in [3.63, 3.8) is 0 Å². The van der Waals surface area contributed by atoms with Gasteiger partial charge >= 0.3 is 0 Å². The smallest absolute Gasteiger partial charge is 0.130 e. The van der Waals surface area contributed by atoms with E-state index in [1.807, 2.05) is 31.2 Å². The Labute approximate surface area is 92.7 Å². The lowest BCUT2D eigenvalue weighted by Crippen LogP contribution is -1.87. The molecule has 0 saturated carbocycles. The molecule has 0 aliphatic carbocycles. The maximum Gasteiger partial charge on any atom is 0.130 e. The number of alkyl halides is 1. The van der Waals surface area contributed by atoms with Crippen molar-refractivity contribution in [1.29, 1.82) is 0 Å². The van der Waals surface area contributed by atoms with E-state index < -0.39 is 0 Å². The lowest BCUT2D eigenvalue weighted by molar-refractivity contribution is 1.33. The van der Waals surface area contributed by atoms with Crippen LogP contribution >= 0.6 is 23.2 Å². The van der Waals surface area contributed by atoms with E-state index in [0.29, 0.717) is 11.0 Å². The highest BCUT2D eigenvalue weighted by Crippen LogP contribution is 2.23. The maximum absolute atomic E-state index is 5.89. The topological polar surface area (TPSA) is 12.9 Å². The van der Waals surface area contributed by atoms with Crippen LogP contribution in [0, 0.1) is 6.92 Å². The van der Waals surface area contributed by atoms with Gasteiger partial charge in [-0.25, -0.2) is 4.98 Å². The van der Waals surface area contributed by atoms with Crippen molar-refractivity contribution in [2.75, 3.05) is 0 Å². The average Bonchev–Trinajstić information content (AvgIpc) is 2.15. The van der Waals surface area contributed by atoms with E-state index in [1.54, 1.807) is 0 Å². The quantitative estimate of drug-likeness (QED) is 0.530. The van der Waals surface area contributed by atoms with Gasteiger partial charge in [-0.3, -0.25) is 0 Å². The van der Waals surface area contributed by atoms with Crippen molar-refractivity contribution in [2.45, 2.75) is 12.8 Å². The van der Waals surface area contributed by atoms with Crippen LogP contribution in [-0.4, -0.2) is 4.98 Å². The molecule has 0 N–H and O–H groups in total. The van der Waals surface area contributed by atoms with E-state index in [1.165, 1.54) is 5.56 Å². The zero-order chi connectivity index (χ0) is 10.1. The number of aryl methyl sites for hydroxylation is 1. The van der Waals surface area contributed by atoms with Crippen LogP contribution in [0.3, 0.4) is 0 Å². The molecule has 3 heteroatoms. The predicted octanol–water partition coefficient (Wildman–Crippen LogP) is 3.94. The molecule has 0 radical (unpaired) electrons. The molecule has 0 spiro atoms. The van der Waals surface area contributed by atoms with E-state index >= 15 is 0 Å². The minimum Gasteiger partial charge on any atom is -0.236 e. The van der Waals surface area contributed by atoms with Gasteiger partial charge in [0.2, 0.25) is 0 Å². The summed E-state index contributed by atoms with van der Waals surface area (Å²) in [6.45, 7) is 2.03. The van der Waals surface area contributed by atoms with Crippen molar-refractivity contribution >= 4 is 34.1 Å². The Kier molecular flexibility index (Phi) is 2.62. The molecule has 1 nitrogen and oxygen atoms in total. The highest BCUT2D eigenvalue weighted by atomic mass is 35.5. The fourth-order valence-electron chi connectivity index (χ4n) is 1.49. The fourth-order valence-corrected chi connectivity index (χ4v) is 1.93. The van der Waals surface area contributed by atoms with E-state index in [4.69, 9.17) is 23.2 Å². The summed E-state index contributed by atoms with van der Waals surface area (Å²) in [6, 6.07) is 7.91. The molecule has 0 amide bonds. The molecular formula is C11H9Cl2N. The summed E-state index contributed by atoms with van der Waals surface area (Å²) in [7, 11) is 0. The lowest BCUT2D eigenvalue weighted by Gasteiger charge is -2.04. The molecule has 0 saturated heterocycles. The minimum atomic E-state index is 0.460. The largest absolute Gasteiger partial charge is 0.236 e. The first-order chi connectivity index (χ1) is 6.70. The number of benzene rings is 1. The normalized spacial score (nSPS) is 10.8. The average molecular weight is 226 g/mol. The van der Waals surface area contributed by atoms with Gasteiger partial charge in [0.1, 0.15) is 5.15 Å². The molecule has 2 rings (SSSR count). The van der Waals surface area contributed by atoms with Crippen molar-refractivity contribution in [3.8, 4) is 0 Å². The first kappa shape index (κ1) is 9.75. The molecule has 0 bridgehead atoms. The van der Waals surface area contributed by atoms with E-state index in [2.05, 4.69) is 4.98 Å². The third-order valence-electron chi connectivity index (χ3n) is 2.16.